The van der Waals surface area contributed by atoms with Crippen LogP contribution in [0, 0.1) is 20.8 Å². The van der Waals surface area contributed by atoms with Crippen molar-refractivity contribution in [2.75, 3.05) is 0 Å². The third kappa shape index (κ3) is 5.22. The van der Waals surface area contributed by atoms with E-state index < -0.39 is 8.07 Å². The van der Waals surface area contributed by atoms with E-state index in [2.05, 4.69) is 156 Å². The minimum atomic E-state index is -2.62. The van der Waals surface area contributed by atoms with Crippen LogP contribution in [0.2, 0.25) is 0 Å². The van der Waals surface area contributed by atoms with Crippen LogP contribution in [-0.4, -0.2) is 8.07 Å². The molecule has 0 fully saturated rings. The number of aryl methyl sites for hydroxylation is 3. The molecule has 1 unspecified atom stereocenters. The Morgan fingerprint density at radius 1 is 0.513 bits per heavy atom. The van der Waals surface area contributed by atoms with E-state index in [4.69, 9.17) is 0 Å². The summed E-state index contributed by atoms with van der Waals surface area (Å²) in [5.74, 6) is 0. The Hall–Kier alpha value is -2.10. The van der Waals surface area contributed by atoms with Gasteiger partial charge in [-0.1, -0.05) is 0 Å². The van der Waals surface area contributed by atoms with E-state index >= 15 is 0 Å². The summed E-state index contributed by atoms with van der Waals surface area (Å²) in [7, 11) is -2.62. The molecule has 1 aliphatic rings. The first-order chi connectivity index (χ1) is 17.5. The fourth-order valence-corrected chi connectivity index (χ4v) is 13.1. The van der Waals surface area contributed by atoms with Gasteiger partial charge >= 0.3 is 228 Å². The van der Waals surface area contributed by atoms with Gasteiger partial charge in [-0.2, -0.15) is 0 Å². The van der Waals surface area contributed by atoms with Gasteiger partial charge in [0.2, 0.25) is 0 Å². The molecule has 1 aliphatic carbocycles. The van der Waals surface area contributed by atoms with Gasteiger partial charge in [-0.25, -0.2) is 0 Å². The summed E-state index contributed by atoms with van der Waals surface area (Å²) in [6.07, 6.45) is 0. The third-order valence-corrected chi connectivity index (χ3v) is 13.6. The maximum atomic E-state index is 2.47. The second-order valence-corrected chi connectivity index (χ2v) is 15.0. The molecule has 0 saturated carbocycles. The van der Waals surface area contributed by atoms with Crippen LogP contribution in [0.3, 0.4) is 0 Å². The van der Waals surface area contributed by atoms with E-state index in [1.165, 1.54) is 58.4 Å². The van der Waals surface area contributed by atoms with Crippen LogP contribution >= 0.6 is 0 Å². The summed E-state index contributed by atoms with van der Waals surface area (Å²) in [6.45, 7) is 6.70. The van der Waals surface area contributed by atoms with Gasteiger partial charge in [0.25, 0.3) is 0 Å². The van der Waals surface area contributed by atoms with Gasteiger partial charge in [-0.3, -0.25) is 0 Å². The predicted octanol–water partition coefficient (Wildman–Crippen LogP) is -3.38. The van der Waals surface area contributed by atoms with Crippen LogP contribution in [-0.2, 0) is 20.4 Å². The quantitative estimate of drug-likeness (QED) is 0.146. The summed E-state index contributed by atoms with van der Waals surface area (Å²) in [6, 6.07) is 44.1. The first-order valence-corrected chi connectivity index (χ1v) is 15.5. The first kappa shape index (κ1) is 31.4. The van der Waals surface area contributed by atoms with E-state index in [9.17, 15) is 0 Å². The minimum absolute atomic E-state index is 0. The van der Waals surface area contributed by atoms with Crippen LogP contribution in [0.15, 0.2) is 115 Å². The average Bonchev–Trinajstić information content (AvgIpc) is 3.21. The van der Waals surface area contributed by atoms with Crippen molar-refractivity contribution in [3.8, 4) is 11.1 Å². The standard InChI is InChI=1S/C34H29Si.3ClH.Ti/c1-24-11-8-14-27(21-24)35(28-15-9-12-25(2)22-28,29-16-10-13-26(3)23-29)34-32-19-6-4-17-30(32)31-18-5-7-20-33(31)34;;;;/h4-19,21-23,34H,1-3H3;3*1H;/q;;;;+3/p-3. The summed E-state index contributed by atoms with van der Waals surface area (Å²) in [5.41, 5.74) is 10.0. The van der Waals surface area contributed by atoms with Crippen LogP contribution < -0.4 is 56.6 Å². The fraction of sp³-hybridized carbons (Fsp3) is 0.118. The summed E-state index contributed by atoms with van der Waals surface area (Å²) in [5, 5.41) is 4.44. The van der Waals surface area contributed by atoms with Crippen LogP contribution in [0.5, 0.6) is 0 Å². The molecule has 0 bridgehead atoms. The van der Waals surface area contributed by atoms with Crippen molar-refractivity contribution in [2.45, 2.75) is 26.3 Å². The molecule has 0 N–H and O–H groups in total. The third-order valence-electron chi connectivity index (χ3n) is 7.81. The van der Waals surface area contributed by atoms with Crippen molar-refractivity contribution >= 4 is 27.5 Å². The smallest absolute Gasteiger partial charge is 1.00 e. The van der Waals surface area contributed by atoms with E-state index in [-0.39, 0.29) is 42.8 Å². The van der Waals surface area contributed by atoms with Crippen molar-refractivity contribution in [2.24, 2.45) is 0 Å². The molecule has 0 aromatic heterocycles. The number of hydrogen-bond donors (Lipinski definition) is 0. The van der Waals surface area contributed by atoms with Gasteiger partial charge < -0.3 is 37.2 Å². The van der Waals surface area contributed by atoms with Crippen molar-refractivity contribution in [1.29, 1.82) is 0 Å². The summed E-state index contributed by atoms with van der Waals surface area (Å²) < 4.78 is 1.39. The molecule has 39 heavy (non-hydrogen) atoms. The Morgan fingerprint density at radius 2 is 0.949 bits per heavy atom. The molecular formula is C34H29Cl3SiTi. The average molecular weight is 620 g/mol. The first-order valence-electron chi connectivity index (χ1n) is 12.7. The number of benzene rings is 5. The number of rotatable bonds is 4. The molecule has 0 aliphatic heterocycles. The molecule has 0 spiro atoms. The monoisotopic (exact) mass is 618 g/mol. The van der Waals surface area contributed by atoms with Crippen LogP contribution in [0.1, 0.15) is 33.4 Å². The van der Waals surface area contributed by atoms with Crippen molar-refractivity contribution < 1.29 is 57.7 Å². The molecule has 0 radical (unpaired) electrons. The Morgan fingerprint density at radius 3 is 1.44 bits per heavy atom. The molecular weight excluding hydrogens is 591 g/mol. The van der Waals surface area contributed by atoms with Gasteiger partial charge in [-0.05, 0) is 0 Å². The SMILES string of the molecule is Cc1cccc([Si](c2cccc(C)c2)(c2cccc(C)c2)C2c3ccccc3-c3ccc[c]([Ti+3])c32)c1.[Cl-].[Cl-].[Cl-]. The van der Waals surface area contributed by atoms with E-state index in [1.807, 2.05) is 0 Å². The second kappa shape index (κ2) is 12.6. The normalized spacial score (nSPS) is 13.3. The maximum absolute atomic E-state index is 2.62. The largest absolute Gasteiger partial charge is 1.00 e. The molecule has 0 nitrogen and oxygen atoms in total. The fourth-order valence-electron chi connectivity index (χ4n) is 6.38. The van der Waals surface area contributed by atoms with Crippen molar-refractivity contribution in [1.82, 2.24) is 0 Å². The van der Waals surface area contributed by atoms with Gasteiger partial charge in [0.1, 0.15) is 0 Å². The number of halogens is 3. The Balaban J connectivity index is 0.00000140. The van der Waals surface area contributed by atoms with E-state index in [0.29, 0.717) is 0 Å². The zero-order valence-electron chi connectivity index (χ0n) is 22.2. The molecule has 1 atom stereocenters. The zero-order chi connectivity index (χ0) is 24.9. The molecule has 5 heteroatoms. The zero-order valence-corrected chi connectivity index (χ0v) is 27.0. The van der Waals surface area contributed by atoms with Crippen molar-refractivity contribution in [3.63, 3.8) is 0 Å². The van der Waals surface area contributed by atoms with E-state index in [1.54, 1.807) is 0 Å². The molecule has 0 amide bonds. The summed E-state index contributed by atoms with van der Waals surface area (Å²) in [4.78, 5) is 0. The Bertz CT molecular complexity index is 1500. The van der Waals surface area contributed by atoms with Gasteiger partial charge in [0.05, 0.1) is 0 Å². The molecule has 0 saturated heterocycles. The molecule has 5 aromatic rings. The Kier molecular flexibility index (Phi) is 10.2. The van der Waals surface area contributed by atoms with Gasteiger partial charge in [0, 0.05) is 0 Å². The van der Waals surface area contributed by atoms with Gasteiger partial charge in [0.15, 0.2) is 0 Å². The van der Waals surface area contributed by atoms with Gasteiger partial charge in [-0.15, -0.1) is 0 Å². The van der Waals surface area contributed by atoms with Crippen LogP contribution in [0.4, 0.5) is 0 Å². The summed E-state index contributed by atoms with van der Waals surface area (Å²) >= 11 is 2.31. The van der Waals surface area contributed by atoms with Crippen LogP contribution in [0.25, 0.3) is 11.1 Å². The molecule has 0 heterocycles. The number of hydrogen-bond acceptors (Lipinski definition) is 0. The molecule has 5 aromatic carbocycles. The maximum Gasteiger partial charge on any atom is -1.00 e. The van der Waals surface area contributed by atoms with E-state index in [0.717, 1.165) is 0 Å². The number of fused-ring (bicyclic) bond motifs is 3. The minimum Gasteiger partial charge on any atom is -1.00 e. The van der Waals surface area contributed by atoms with Crippen molar-refractivity contribution in [3.05, 3.63) is 143 Å². The Labute approximate surface area is 263 Å². The molecule has 194 valence electrons. The predicted molar refractivity (Wildman–Crippen MR) is 152 cm³/mol. The molecule has 6 rings (SSSR count). The second-order valence-electron chi connectivity index (χ2n) is 10.2. The topological polar surface area (TPSA) is 0 Å².